The number of nitrogens with one attached hydrogen (secondary N) is 1. The summed E-state index contributed by atoms with van der Waals surface area (Å²) in [6, 6.07) is 3.98. The lowest BCUT2D eigenvalue weighted by molar-refractivity contribution is -0.384. The summed E-state index contributed by atoms with van der Waals surface area (Å²) in [6.07, 6.45) is 0.702. The van der Waals surface area contributed by atoms with Crippen molar-refractivity contribution in [3.8, 4) is 0 Å². The zero-order valence-electron chi connectivity index (χ0n) is 11.8. The molecule has 1 heterocycles. The normalized spacial score (nSPS) is 10.8. The number of nitro groups is 1. The molecular weight excluding hydrogens is 292 g/mol. The molecule has 118 valence electrons. The molecule has 0 aliphatic heterocycles. The van der Waals surface area contributed by atoms with Crippen LogP contribution in [-0.4, -0.2) is 28.5 Å². The quantitative estimate of drug-likeness (QED) is 0.560. The van der Waals surface area contributed by atoms with Crippen LogP contribution >= 0.6 is 0 Å². The van der Waals surface area contributed by atoms with Crippen molar-refractivity contribution < 1.29 is 14.1 Å². The summed E-state index contributed by atoms with van der Waals surface area (Å²) in [6.45, 7) is 1.08. The van der Waals surface area contributed by atoms with E-state index in [0.717, 1.165) is 0 Å². The van der Waals surface area contributed by atoms with E-state index in [9.17, 15) is 19.7 Å². The lowest BCUT2D eigenvalue weighted by Crippen LogP contribution is -2.29. The van der Waals surface area contributed by atoms with Gasteiger partial charge in [-0.05, 0) is 12.5 Å². The first-order valence-electron chi connectivity index (χ1n) is 6.77. The first-order chi connectivity index (χ1) is 10.5. The molecule has 9 nitrogen and oxygen atoms in total. The molecule has 0 atom stereocenters. The Balaban J connectivity index is 2.08. The van der Waals surface area contributed by atoms with Crippen LogP contribution in [0.3, 0.4) is 0 Å². The maximum atomic E-state index is 11.8. The van der Waals surface area contributed by atoms with Crippen molar-refractivity contribution in [2.45, 2.75) is 19.4 Å². The number of oxazole rings is 1. The van der Waals surface area contributed by atoms with Crippen LogP contribution in [0.25, 0.3) is 11.1 Å². The van der Waals surface area contributed by atoms with Crippen LogP contribution in [0.5, 0.6) is 0 Å². The van der Waals surface area contributed by atoms with E-state index in [0.29, 0.717) is 31.6 Å². The van der Waals surface area contributed by atoms with E-state index in [2.05, 4.69) is 5.32 Å². The Labute approximate surface area is 124 Å². The zero-order valence-corrected chi connectivity index (χ0v) is 11.8. The maximum absolute atomic E-state index is 11.8. The standard InChI is InChI=1S/C13H16N4O5/c14-5-6-15-12(18)2-1-7-16-10-4-3-9(17(20)21)8-11(10)22-13(16)19/h3-4,8H,1-2,5-7,14H2,(H,15,18). The molecule has 2 aromatic rings. The van der Waals surface area contributed by atoms with E-state index in [1.54, 1.807) is 0 Å². The molecule has 0 bridgehead atoms. The van der Waals surface area contributed by atoms with Crippen LogP contribution in [0.4, 0.5) is 5.69 Å². The summed E-state index contributed by atoms with van der Waals surface area (Å²) in [5, 5.41) is 13.3. The van der Waals surface area contributed by atoms with Gasteiger partial charge in [-0.3, -0.25) is 19.5 Å². The Hall–Kier alpha value is -2.68. The lowest BCUT2D eigenvalue weighted by atomic mass is 10.2. The fraction of sp³-hybridized carbons (Fsp3) is 0.385. The number of nitrogens with two attached hydrogens (primary N) is 1. The number of carbonyl (C=O) groups excluding carboxylic acids is 1. The van der Waals surface area contributed by atoms with Gasteiger partial charge in [0.2, 0.25) is 5.91 Å². The van der Waals surface area contributed by atoms with Crippen molar-refractivity contribution in [1.82, 2.24) is 9.88 Å². The monoisotopic (exact) mass is 308 g/mol. The number of fused-ring (bicyclic) bond motifs is 1. The largest absolute Gasteiger partial charge is 0.419 e. The third-order valence-electron chi connectivity index (χ3n) is 3.11. The number of non-ortho nitro benzene ring substituents is 1. The number of benzene rings is 1. The number of nitro benzene ring substituents is 1. The maximum Gasteiger partial charge on any atom is 0.419 e. The summed E-state index contributed by atoms with van der Waals surface area (Å²) in [5.74, 6) is -0.736. The lowest BCUT2D eigenvalue weighted by Gasteiger charge is -2.04. The van der Waals surface area contributed by atoms with E-state index in [1.165, 1.54) is 22.8 Å². The van der Waals surface area contributed by atoms with Crippen LogP contribution in [0, 0.1) is 10.1 Å². The smallest absolute Gasteiger partial charge is 0.407 e. The molecule has 0 saturated carbocycles. The molecule has 0 fully saturated rings. The third kappa shape index (κ3) is 3.50. The molecule has 0 aliphatic carbocycles. The number of hydrogen-bond acceptors (Lipinski definition) is 6. The number of aromatic nitrogens is 1. The Morgan fingerprint density at radius 3 is 2.91 bits per heavy atom. The second-order valence-electron chi connectivity index (χ2n) is 4.67. The molecule has 1 amide bonds. The van der Waals surface area contributed by atoms with Gasteiger partial charge in [0.05, 0.1) is 16.5 Å². The molecule has 0 unspecified atom stereocenters. The van der Waals surface area contributed by atoms with Crippen molar-refractivity contribution in [2.75, 3.05) is 13.1 Å². The number of hydrogen-bond donors (Lipinski definition) is 2. The van der Waals surface area contributed by atoms with Crippen molar-refractivity contribution in [3.05, 3.63) is 38.9 Å². The van der Waals surface area contributed by atoms with E-state index in [-0.39, 0.29) is 23.6 Å². The number of carbonyl (C=O) groups is 1. The van der Waals surface area contributed by atoms with Crippen molar-refractivity contribution in [2.24, 2.45) is 5.73 Å². The van der Waals surface area contributed by atoms with E-state index < -0.39 is 10.7 Å². The molecular formula is C13H16N4O5. The highest BCUT2D eigenvalue weighted by molar-refractivity contribution is 5.76. The third-order valence-corrected chi connectivity index (χ3v) is 3.11. The molecule has 0 saturated heterocycles. The Bertz CT molecular complexity index is 748. The molecule has 3 N–H and O–H groups in total. The minimum Gasteiger partial charge on any atom is -0.407 e. The van der Waals surface area contributed by atoms with Gasteiger partial charge in [-0.1, -0.05) is 0 Å². The number of nitrogens with zero attached hydrogens (tertiary/aromatic N) is 2. The predicted octanol–water partition coefficient (Wildman–Crippen LogP) is 0.358. The van der Waals surface area contributed by atoms with Gasteiger partial charge in [-0.15, -0.1) is 0 Å². The Morgan fingerprint density at radius 2 is 2.23 bits per heavy atom. The molecule has 2 rings (SSSR count). The van der Waals surface area contributed by atoms with Crippen LogP contribution in [0.2, 0.25) is 0 Å². The highest BCUT2D eigenvalue weighted by Gasteiger charge is 2.14. The summed E-state index contributed by atoms with van der Waals surface area (Å²) >= 11 is 0. The molecule has 0 aliphatic rings. The summed E-state index contributed by atoms with van der Waals surface area (Å²) in [4.78, 5) is 33.4. The fourth-order valence-corrected chi connectivity index (χ4v) is 2.08. The second kappa shape index (κ2) is 6.85. The SMILES string of the molecule is NCCNC(=O)CCCn1c(=O)oc2cc([N+](=O)[O-])ccc21. The minimum atomic E-state index is -0.599. The summed E-state index contributed by atoms with van der Waals surface area (Å²) < 4.78 is 6.35. The van der Waals surface area contributed by atoms with Gasteiger partial charge in [0.15, 0.2) is 5.58 Å². The fourth-order valence-electron chi connectivity index (χ4n) is 2.08. The van der Waals surface area contributed by atoms with Crippen LogP contribution in [0.1, 0.15) is 12.8 Å². The average Bonchev–Trinajstić information content (AvgIpc) is 2.80. The Morgan fingerprint density at radius 1 is 1.45 bits per heavy atom. The topological polar surface area (TPSA) is 133 Å². The summed E-state index contributed by atoms with van der Waals surface area (Å²) in [5.41, 5.74) is 5.76. The predicted molar refractivity (Wildman–Crippen MR) is 78.4 cm³/mol. The van der Waals surface area contributed by atoms with Gasteiger partial charge in [0.1, 0.15) is 0 Å². The molecule has 22 heavy (non-hydrogen) atoms. The van der Waals surface area contributed by atoms with Gasteiger partial charge in [0.25, 0.3) is 5.69 Å². The highest BCUT2D eigenvalue weighted by atomic mass is 16.6. The zero-order chi connectivity index (χ0) is 16.1. The number of rotatable bonds is 7. The Kier molecular flexibility index (Phi) is 4.89. The molecule has 0 spiro atoms. The molecule has 0 radical (unpaired) electrons. The van der Waals surface area contributed by atoms with Crippen LogP contribution < -0.4 is 16.8 Å². The van der Waals surface area contributed by atoms with Crippen LogP contribution in [-0.2, 0) is 11.3 Å². The van der Waals surface area contributed by atoms with Crippen molar-refractivity contribution in [3.63, 3.8) is 0 Å². The first-order valence-corrected chi connectivity index (χ1v) is 6.77. The van der Waals surface area contributed by atoms with Gasteiger partial charge >= 0.3 is 5.76 Å². The van der Waals surface area contributed by atoms with Gasteiger partial charge in [-0.2, -0.15) is 0 Å². The van der Waals surface area contributed by atoms with Crippen molar-refractivity contribution in [1.29, 1.82) is 0 Å². The summed E-state index contributed by atoms with van der Waals surface area (Å²) in [7, 11) is 0. The average molecular weight is 308 g/mol. The van der Waals surface area contributed by atoms with E-state index >= 15 is 0 Å². The first kappa shape index (κ1) is 15.7. The highest BCUT2D eigenvalue weighted by Crippen LogP contribution is 2.20. The van der Waals surface area contributed by atoms with Gasteiger partial charge in [-0.25, -0.2) is 4.79 Å². The van der Waals surface area contributed by atoms with E-state index in [1.807, 2.05) is 0 Å². The van der Waals surface area contributed by atoms with Gasteiger partial charge in [0, 0.05) is 32.1 Å². The second-order valence-corrected chi connectivity index (χ2v) is 4.67. The molecule has 1 aromatic carbocycles. The molecule has 9 heteroatoms. The van der Waals surface area contributed by atoms with Crippen molar-refractivity contribution >= 4 is 22.7 Å². The number of aryl methyl sites for hydroxylation is 1. The van der Waals surface area contributed by atoms with E-state index in [4.69, 9.17) is 10.2 Å². The number of amides is 1. The molecule has 1 aromatic heterocycles. The minimum absolute atomic E-state index is 0.137. The van der Waals surface area contributed by atoms with Crippen LogP contribution in [0.15, 0.2) is 27.4 Å². The van der Waals surface area contributed by atoms with Gasteiger partial charge < -0.3 is 15.5 Å².